The third kappa shape index (κ3) is 2.20. The van der Waals surface area contributed by atoms with Crippen LogP contribution in [0.3, 0.4) is 0 Å². The largest absolute Gasteiger partial charge is 0.393 e. The molecule has 4 rings (SSSR count). The summed E-state index contributed by atoms with van der Waals surface area (Å²) in [5.41, 5.74) is -1.64. The van der Waals surface area contributed by atoms with E-state index < -0.39 is 17.1 Å². The van der Waals surface area contributed by atoms with Gasteiger partial charge in [0.1, 0.15) is 5.78 Å². The molecule has 9 atom stereocenters. The van der Waals surface area contributed by atoms with Gasteiger partial charge in [-0.05, 0) is 75.0 Å². The lowest BCUT2D eigenvalue weighted by Gasteiger charge is -2.60. The van der Waals surface area contributed by atoms with Gasteiger partial charge in [0, 0.05) is 17.8 Å². The van der Waals surface area contributed by atoms with Crippen molar-refractivity contribution in [3.8, 4) is 0 Å². The fourth-order valence-electron chi connectivity index (χ4n) is 7.77. The minimum atomic E-state index is -1.14. The lowest BCUT2D eigenvalue weighted by molar-refractivity contribution is -0.190. The van der Waals surface area contributed by atoms with E-state index >= 15 is 0 Å². The predicted octanol–water partition coefficient (Wildman–Crippen LogP) is 2.68. The SMILES string of the molecule is C[C@@H](O)[C@@]1(O)CC[C@@H]2[C@@H]3CC[C@@H]4C[C@@H](O)CC[C@]4(C)[C@H]3C(=O)C[C@@]21C. The molecule has 0 aromatic rings. The highest BCUT2D eigenvalue weighted by molar-refractivity contribution is 5.84. The van der Waals surface area contributed by atoms with Gasteiger partial charge in [0.25, 0.3) is 0 Å². The molecule has 4 aliphatic rings. The maximum atomic E-state index is 13.4. The van der Waals surface area contributed by atoms with Crippen LogP contribution in [0, 0.1) is 34.5 Å². The van der Waals surface area contributed by atoms with Crippen LogP contribution in [-0.4, -0.2) is 38.9 Å². The number of fused-ring (bicyclic) bond motifs is 5. The van der Waals surface area contributed by atoms with Gasteiger partial charge in [-0.2, -0.15) is 0 Å². The molecule has 3 N–H and O–H groups in total. The zero-order valence-electron chi connectivity index (χ0n) is 15.9. The molecule has 4 heteroatoms. The molecule has 25 heavy (non-hydrogen) atoms. The highest BCUT2D eigenvalue weighted by atomic mass is 16.3. The fraction of sp³-hybridized carbons (Fsp3) is 0.952. The van der Waals surface area contributed by atoms with Gasteiger partial charge >= 0.3 is 0 Å². The maximum absolute atomic E-state index is 13.4. The second-order valence-corrected chi connectivity index (χ2v) is 10.2. The summed E-state index contributed by atoms with van der Waals surface area (Å²) in [6.45, 7) is 6.01. The number of rotatable bonds is 1. The third-order valence-corrected chi connectivity index (χ3v) is 9.23. The Bertz CT molecular complexity index is 574. The molecule has 0 unspecified atom stereocenters. The van der Waals surface area contributed by atoms with Crippen molar-refractivity contribution in [2.24, 2.45) is 34.5 Å². The van der Waals surface area contributed by atoms with E-state index in [0.717, 1.165) is 38.5 Å². The average molecular weight is 350 g/mol. The van der Waals surface area contributed by atoms with Gasteiger partial charge in [-0.3, -0.25) is 4.79 Å². The van der Waals surface area contributed by atoms with E-state index in [9.17, 15) is 20.1 Å². The predicted molar refractivity (Wildman–Crippen MR) is 94.8 cm³/mol. The molecule has 0 amide bonds. The maximum Gasteiger partial charge on any atom is 0.137 e. The Morgan fingerprint density at radius 2 is 1.84 bits per heavy atom. The molecule has 4 saturated carbocycles. The van der Waals surface area contributed by atoms with Crippen LogP contribution in [-0.2, 0) is 4.79 Å². The lowest BCUT2D eigenvalue weighted by Crippen LogP contribution is -2.62. The van der Waals surface area contributed by atoms with E-state index in [4.69, 9.17) is 0 Å². The first-order valence-corrected chi connectivity index (χ1v) is 10.2. The molecule has 0 aromatic heterocycles. The van der Waals surface area contributed by atoms with Crippen molar-refractivity contribution < 1.29 is 20.1 Å². The van der Waals surface area contributed by atoms with Gasteiger partial charge in [-0.25, -0.2) is 0 Å². The zero-order valence-corrected chi connectivity index (χ0v) is 15.9. The minimum Gasteiger partial charge on any atom is -0.393 e. The summed E-state index contributed by atoms with van der Waals surface area (Å²) in [5.74, 6) is 1.47. The molecule has 0 spiro atoms. The summed E-state index contributed by atoms with van der Waals surface area (Å²) in [7, 11) is 0. The van der Waals surface area contributed by atoms with Gasteiger partial charge in [0.15, 0.2) is 0 Å². The minimum absolute atomic E-state index is 0.00605. The summed E-state index contributed by atoms with van der Waals surface area (Å²) in [5, 5.41) is 31.6. The third-order valence-electron chi connectivity index (χ3n) is 9.23. The van der Waals surface area contributed by atoms with E-state index in [1.807, 2.05) is 6.92 Å². The fourth-order valence-corrected chi connectivity index (χ4v) is 7.77. The van der Waals surface area contributed by atoms with Crippen LogP contribution >= 0.6 is 0 Å². The molecule has 0 bridgehead atoms. The molecular formula is C21H34O4. The molecule has 0 aliphatic heterocycles. The number of aliphatic hydroxyl groups is 3. The summed E-state index contributed by atoms with van der Waals surface area (Å²) in [6.07, 6.45) is 5.60. The molecule has 4 fully saturated rings. The van der Waals surface area contributed by atoms with Crippen molar-refractivity contribution in [1.29, 1.82) is 0 Å². The van der Waals surface area contributed by atoms with Crippen molar-refractivity contribution in [2.75, 3.05) is 0 Å². The highest BCUT2D eigenvalue weighted by Gasteiger charge is 2.68. The Hall–Kier alpha value is -0.450. The summed E-state index contributed by atoms with van der Waals surface area (Å²) >= 11 is 0. The van der Waals surface area contributed by atoms with Gasteiger partial charge in [-0.1, -0.05) is 13.8 Å². The first kappa shape index (κ1) is 17.9. The molecule has 4 aliphatic carbocycles. The van der Waals surface area contributed by atoms with Gasteiger partial charge in [0.05, 0.1) is 17.8 Å². The standard InChI is InChI=1S/C21H34O4/c1-12(22)21(25)9-7-16-15-5-4-13-10-14(23)6-8-19(13,2)18(15)17(24)11-20(16,21)3/h12-16,18,22-23,25H,4-11H2,1-3H3/t12-,13-,14+,15+,16-,18-,19+,20+,21+/m1/s1. The molecule has 0 aromatic carbocycles. The van der Waals surface area contributed by atoms with Gasteiger partial charge in [-0.15, -0.1) is 0 Å². The van der Waals surface area contributed by atoms with Crippen LogP contribution in [0.1, 0.15) is 72.1 Å². The molecule has 4 nitrogen and oxygen atoms in total. The van der Waals surface area contributed by atoms with Crippen molar-refractivity contribution in [3.63, 3.8) is 0 Å². The number of hydrogen-bond acceptors (Lipinski definition) is 4. The topological polar surface area (TPSA) is 77.8 Å². The first-order valence-electron chi connectivity index (χ1n) is 10.2. The van der Waals surface area contributed by atoms with Crippen molar-refractivity contribution in [2.45, 2.75) is 89.9 Å². The highest BCUT2D eigenvalue weighted by Crippen LogP contribution is 2.67. The Labute approximate surface area is 151 Å². The van der Waals surface area contributed by atoms with Crippen LogP contribution in [0.4, 0.5) is 0 Å². The summed E-state index contributed by atoms with van der Waals surface area (Å²) in [4.78, 5) is 13.4. The molecule has 0 heterocycles. The number of ketones is 1. The Kier molecular flexibility index (Phi) is 3.97. The van der Waals surface area contributed by atoms with E-state index in [1.165, 1.54) is 0 Å². The van der Waals surface area contributed by atoms with Crippen LogP contribution < -0.4 is 0 Å². The quantitative estimate of drug-likeness (QED) is 0.679. The second kappa shape index (κ2) is 5.53. The molecule has 0 saturated heterocycles. The van der Waals surface area contributed by atoms with Crippen molar-refractivity contribution in [1.82, 2.24) is 0 Å². The number of Topliss-reactive ketones (excluding diaryl/α,β-unsaturated/α-hetero) is 1. The molecule has 142 valence electrons. The normalized spacial score (nSPS) is 56.7. The van der Waals surface area contributed by atoms with E-state index in [2.05, 4.69) is 6.92 Å². The van der Waals surface area contributed by atoms with Crippen LogP contribution in [0.5, 0.6) is 0 Å². The Morgan fingerprint density at radius 1 is 1.12 bits per heavy atom. The van der Waals surface area contributed by atoms with E-state index in [-0.39, 0.29) is 17.4 Å². The van der Waals surface area contributed by atoms with Crippen molar-refractivity contribution >= 4 is 5.78 Å². The molecule has 0 radical (unpaired) electrons. The second-order valence-electron chi connectivity index (χ2n) is 10.2. The lowest BCUT2D eigenvalue weighted by atomic mass is 9.44. The Morgan fingerprint density at radius 3 is 2.52 bits per heavy atom. The monoisotopic (exact) mass is 350 g/mol. The first-order chi connectivity index (χ1) is 11.6. The zero-order chi connectivity index (χ0) is 18.2. The van der Waals surface area contributed by atoms with Crippen molar-refractivity contribution in [3.05, 3.63) is 0 Å². The van der Waals surface area contributed by atoms with Crippen LogP contribution in [0.2, 0.25) is 0 Å². The number of carbonyl (C=O) groups excluding carboxylic acids is 1. The smallest absolute Gasteiger partial charge is 0.137 e. The molecular weight excluding hydrogens is 316 g/mol. The van der Waals surface area contributed by atoms with Gasteiger partial charge < -0.3 is 15.3 Å². The summed E-state index contributed by atoms with van der Waals surface area (Å²) in [6, 6.07) is 0. The van der Waals surface area contributed by atoms with Gasteiger partial charge in [0.2, 0.25) is 0 Å². The number of carbonyl (C=O) groups is 1. The number of aliphatic hydroxyl groups excluding tert-OH is 2. The van der Waals surface area contributed by atoms with Crippen LogP contribution in [0.15, 0.2) is 0 Å². The summed E-state index contributed by atoms with van der Waals surface area (Å²) < 4.78 is 0. The van der Waals surface area contributed by atoms with E-state index in [0.29, 0.717) is 36.4 Å². The van der Waals surface area contributed by atoms with E-state index in [1.54, 1.807) is 6.92 Å². The van der Waals surface area contributed by atoms with Crippen LogP contribution in [0.25, 0.3) is 0 Å². The number of hydrogen-bond donors (Lipinski definition) is 3. The average Bonchev–Trinajstić information content (AvgIpc) is 2.80. The Balaban J connectivity index is 1.70.